The number of hydrazone groups is 1. The molecule has 1 saturated heterocycles. The normalized spacial score (nSPS) is 14.4. The van der Waals surface area contributed by atoms with Gasteiger partial charge in [0.05, 0.1) is 24.7 Å². The largest absolute Gasteiger partial charge is 0.497 e. The van der Waals surface area contributed by atoms with Gasteiger partial charge in [0.1, 0.15) is 5.75 Å². The minimum atomic E-state index is -0.251. The van der Waals surface area contributed by atoms with Gasteiger partial charge in [-0.3, -0.25) is 4.79 Å². The first kappa shape index (κ1) is 19.4. The third kappa shape index (κ3) is 5.58. The highest BCUT2D eigenvalue weighted by atomic mass is 35.5. The first-order valence-corrected chi connectivity index (χ1v) is 9.96. The maximum atomic E-state index is 11.9. The molecule has 1 aromatic carbocycles. The van der Waals surface area contributed by atoms with Crippen molar-refractivity contribution in [3.8, 4) is 5.75 Å². The number of benzene rings is 1. The van der Waals surface area contributed by atoms with Crippen LogP contribution in [0, 0.1) is 0 Å². The minimum Gasteiger partial charge on any atom is -0.497 e. The Kier molecular flexibility index (Phi) is 6.89. The average Bonchev–Trinajstić information content (AvgIpc) is 3.08. The van der Waals surface area contributed by atoms with Crippen LogP contribution >= 0.6 is 22.9 Å². The van der Waals surface area contributed by atoms with Crippen molar-refractivity contribution in [1.29, 1.82) is 0 Å². The molecule has 0 spiro atoms. The highest BCUT2D eigenvalue weighted by molar-refractivity contribution is 7.17. The highest BCUT2D eigenvalue weighted by Gasteiger charge is 2.16. The quantitative estimate of drug-likeness (QED) is 0.543. The number of carbonyl (C=O) groups is 1. The third-order valence-electron chi connectivity index (χ3n) is 4.14. The summed E-state index contributed by atoms with van der Waals surface area (Å²) >= 11 is 7.68. The molecule has 27 heavy (non-hydrogen) atoms. The van der Waals surface area contributed by atoms with Crippen LogP contribution in [0.15, 0.2) is 29.4 Å². The van der Waals surface area contributed by atoms with Crippen molar-refractivity contribution in [2.75, 3.05) is 37.0 Å². The Hall–Kier alpha value is -2.32. The van der Waals surface area contributed by atoms with Crippen LogP contribution in [-0.2, 0) is 4.79 Å². The molecule has 1 fully saturated rings. The van der Waals surface area contributed by atoms with Crippen molar-refractivity contribution in [1.82, 2.24) is 10.4 Å². The molecule has 0 radical (unpaired) electrons. The molecular formula is C18H22ClN5O2S. The summed E-state index contributed by atoms with van der Waals surface area (Å²) < 4.78 is 5.10. The molecule has 0 aliphatic carbocycles. The maximum Gasteiger partial charge on any atom is 0.259 e. The van der Waals surface area contributed by atoms with Crippen LogP contribution in [0.5, 0.6) is 5.75 Å². The molecule has 2 N–H and O–H groups in total. The first-order chi connectivity index (χ1) is 13.2. The molecule has 2 aromatic rings. The predicted octanol–water partition coefficient (Wildman–Crippen LogP) is 3.36. The van der Waals surface area contributed by atoms with Crippen molar-refractivity contribution in [2.24, 2.45) is 5.10 Å². The Balaban J connectivity index is 1.47. The number of ether oxygens (including phenoxy) is 1. The summed E-state index contributed by atoms with van der Waals surface area (Å²) in [5, 5.41) is 8.33. The predicted molar refractivity (Wildman–Crippen MR) is 110 cm³/mol. The molecule has 7 nitrogen and oxygen atoms in total. The van der Waals surface area contributed by atoms with E-state index in [4.69, 9.17) is 16.3 Å². The molecule has 1 aromatic heterocycles. The van der Waals surface area contributed by atoms with Crippen LogP contribution in [0.1, 0.15) is 24.1 Å². The summed E-state index contributed by atoms with van der Waals surface area (Å²) in [5.41, 5.74) is 3.32. The molecule has 1 amide bonds. The lowest BCUT2D eigenvalue weighted by Gasteiger charge is -2.25. The molecule has 2 heterocycles. The van der Waals surface area contributed by atoms with Crippen molar-refractivity contribution in [2.45, 2.75) is 19.3 Å². The Morgan fingerprint density at radius 3 is 2.78 bits per heavy atom. The Morgan fingerprint density at radius 1 is 1.33 bits per heavy atom. The second-order valence-electron chi connectivity index (χ2n) is 6.07. The number of amides is 1. The summed E-state index contributed by atoms with van der Waals surface area (Å²) in [4.78, 5) is 19.3. The number of halogens is 1. The number of piperidine rings is 1. The zero-order valence-corrected chi connectivity index (χ0v) is 16.6. The Morgan fingerprint density at radius 2 is 2.07 bits per heavy atom. The second kappa shape index (κ2) is 9.57. The number of carbonyl (C=O) groups excluding carboxylic acids is 1. The van der Waals surface area contributed by atoms with E-state index in [1.165, 1.54) is 30.6 Å². The molecule has 0 bridgehead atoms. The minimum absolute atomic E-state index is 0.110. The fourth-order valence-electron chi connectivity index (χ4n) is 2.70. The summed E-state index contributed by atoms with van der Waals surface area (Å²) in [6.07, 6.45) is 5.16. The zero-order valence-electron chi connectivity index (χ0n) is 15.1. The summed E-state index contributed by atoms with van der Waals surface area (Å²) in [6, 6.07) is 7.33. The molecule has 0 saturated carbocycles. The van der Waals surface area contributed by atoms with E-state index in [2.05, 4.69) is 25.7 Å². The lowest BCUT2D eigenvalue weighted by Crippen LogP contribution is -2.29. The number of aromatic nitrogens is 1. The molecule has 3 rings (SSSR count). The summed E-state index contributed by atoms with van der Waals surface area (Å²) in [5.74, 6) is 0.513. The van der Waals surface area contributed by atoms with Gasteiger partial charge in [-0.25, -0.2) is 10.4 Å². The van der Waals surface area contributed by atoms with Crippen LogP contribution in [-0.4, -0.2) is 43.8 Å². The van der Waals surface area contributed by atoms with E-state index >= 15 is 0 Å². The van der Waals surface area contributed by atoms with Gasteiger partial charge in [0.2, 0.25) is 0 Å². The average molecular weight is 408 g/mol. The smallest absolute Gasteiger partial charge is 0.259 e. The number of nitrogens with one attached hydrogen (secondary N) is 2. The summed E-state index contributed by atoms with van der Waals surface area (Å²) in [7, 11) is 1.61. The topological polar surface area (TPSA) is 78.8 Å². The van der Waals surface area contributed by atoms with Crippen molar-refractivity contribution in [3.63, 3.8) is 0 Å². The molecule has 1 aliphatic rings. The van der Waals surface area contributed by atoms with E-state index < -0.39 is 0 Å². The lowest BCUT2D eigenvalue weighted by atomic mass is 10.1. The van der Waals surface area contributed by atoms with Crippen LogP contribution < -0.4 is 20.4 Å². The van der Waals surface area contributed by atoms with E-state index in [-0.39, 0.29) is 12.5 Å². The molecule has 0 atom stereocenters. The van der Waals surface area contributed by atoms with Gasteiger partial charge in [0.15, 0.2) is 10.3 Å². The number of anilines is 2. The number of nitrogens with zero attached hydrogens (tertiary/aromatic N) is 3. The van der Waals surface area contributed by atoms with Crippen molar-refractivity contribution >= 4 is 45.9 Å². The second-order valence-corrected chi connectivity index (χ2v) is 7.44. The van der Waals surface area contributed by atoms with Gasteiger partial charge in [-0.2, -0.15) is 5.10 Å². The molecule has 9 heteroatoms. The van der Waals surface area contributed by atoms with E-state index in [0.29, 0.717) is 5.15 Å². The summed E-state index contributed by atoms with van der Waals surface area (Å²) in [6.45, 7) is 2.13. The maximum absolute atomic E-state index is 11.9. The van der Waals surface area contributed by atoms with Crippen molar-refractivity contribution < 1.29 is 9.53 Å². The molecule has 0 unspecified atom stereocenters. The van der Waals surface area contributed by atoms with E-state index in [0.717, 1.165) is 34.5 Å². The van der Waals surface area contributed by atoms with Crippen LogP contribution in [0.25, 0.3) is 0 Å². The SMILES string of the molecule is COc1ccc(NCC(=O)N/N=C\c2sc(N3CCCCC3)nc2Cl)cc1. The van der Waals surface area contributed by atoms with Gasteiger partial charge in [-0.05, 0) is 43.5 Å². The van der Waals surface area contributed by atoms with Gasteiger partial charge < -0.3 is 15.0 Å². The van der Waals surface area contributed by atoms with Gasteiger partial charge in [0.25, 0.3) is 5.91 Å². The number of hydrogen-bond donors (Lipinski definition) is 2. The lowest BCUT2D eigenvalue weighted by molar-refractivity contribution is -0.119. The van der Waals surface area contributed by atoms with Crippen molar-refractivity contribution in [3.05, 3.63) is 34.3 Å². The zero-order chi connectivity index (χ0) is 19.1. The molecule has 1 aliphatic heterocycles. The Labute approximate surface area is 167 Å². The third-order valence-corrected chi connectivity index (χ3v) is 5.59. The van der Waals surface area contributed by atoms with E-state index in [1.807, 2.05) is 24.3 Å². The standard InChI is InChI=1S/C18H22ClN5O2S/c1-26-14-7-5-13(6-8-14)20-12-16(25)23-21-11-15-17(19)22-18(27-15)24-9-3-2-4-10-24/h5-8,11,20H,2-4,9-10,12H2,1H3,(H,23,25)/b21-11-. The number of thiazole rings is 1. The number of hydrogen-bond acceptors (Lipinski definition) is 7. The Bertz CT molecular complexity index is 788. The van der Waals surface area contributed by atoms with Gasteiger partial charge in [-0.1, -0.05) is 22.9 Å². The fourth-order valence-corrected chi connectivity index (χ4v) is 3.87. The van der Waals surface area contributed by atoms with Gasteiger partial charge in [-0.15, -0.1) is 0 Å². The van der Waals surface area contributed by atoms with E-state index in [9.17, 15) is 4.79 Å². The van der Waals surface area contributed by atoms with Crippen LogP contribution in [0.2, 0.25) is 5.15 Å². The fraction of sp³-hybridized carbons (Fsp3) is 0.389. The monoisotopic (exact) mass is 407 g/mol. The van der Waals surface area contributed by atoms with Gasteiger partial charge in [0, 0.05) is 18.8 Å². The molecular weight excluding hydrogens is 386 g/mol. The van der Waals surface area contributed by atoms with Crippen LogP contribution in [0.4, 0.5) is 10.8 Å². The van der Waals surface area contributed by atoms with Gasteiger partial charge >= 0.3 is 0 Å². The number of rotatable bonds is 7. The van der Waals surface area contributed by atoms with Crippen LogP contribution in [0.3, 0.4) is 0 Å². The molecule has 144 valence electrons. The first-order valence-electron chi connectivity index (χ1n) is 8.77. The highest BCUT2D eigenvalue weighted by Crippen LogP contribution is 2.30. The number of methoxy groups -OCH3 is 1. The van der Waals surface area contributed by atoms with E-state index in [1.54, 1.807) is 13.3 Å².